The average Bonchev–Trinajstić information content (AvgIpc) is 2.62. The first-order valence-corrected chi connectivity index (χ1v) is 8.62. The fraction of sp³-hybridized carbons (Fsp3) is 0.286. The largest absolute Gasteiger partial charge is 0.328 e. The van der Waals surface area contributed by atoms with Crippen LogP contribution in [0.5, 0.6) is 0 Å². The monoisotopic (exact) mass is 321 g/mol. The molecule has 24 heavy (non-hydrogen) atoms. The molecule has 1 N–H and O–H groups in total. The highest BCUT2D eigenvalue weighted by atomic mass is 16.2. The topological polar surface area (TPSA) is 24.8 Å². The normalized spacial score (nSPS) is 15.8. The summed E-state index contributed by atoms with van der Waals surface area (Å²) in [5.41, 5.74) is 3.67. The highest BCUT2D eigenvalue weighted by Crippen LogP contribution is 2.06. The number of carbonyl (C=O) groups excluding carboxylic acids is 1. The lowest BCUT2D eigenvalue weighted by Gasteiger charge is -2.31. The van der Waals surface area contributed by atoms with Gasteiger partial charge >= 0.3 is 0 Å². The van der Waals surface area contributed by atoms with Crippen LogP contribution in [0.2, 0.25) is 0 Å². The Morgan fingerprint density at radius 3 is 2.38 bits per heavy atom. The van der Waals surface area contributed by atoms with E-state index in [1.165, 1.54) is 11.1 Å². The molecule has 2 aromatic rings. The molecule has 1 heterocycles. The van der Waals surface area contributed by atoms with Crippen LogP contribution in [0.1, 0.15) is 16.7 Å². The zero-order chi connectivity index (χ0) is 16.8. The molecule has 0 aromatic heterocycles. The molecule has 0 spiro atoms. The molecular weight excluding hydrogens is 296 g/mol. The van der Waals surface area contributed by atoms with Gasteiger partial charge in [0.2, 0.25) is 5.91 Å². The van der Waals surface area contributed by atoms with Crippen LogP contribution in [0, 0.1) is 6.92 Å². The van der Waals surface area contributed by atoms with Crippen LogP contribution in [0.25, 0.3) is 6.08 Å². The number of benzene rings is 2. The van der Waals surface area contributed by atoms with Crippen LogP contribution in [0.3, 0.4) is 0 Å². The highest BCUT2D eigenvalue weighted by Gasteiger charge is 2.22. The lowest BCUT2D eigenvalue weighted by atomic mass is 10.1. The summed E-state index contributed by atoms with van der Waals surface area (Å²) in [5.74, 6) is 0.120. The second-order valence-electron chi connectivity index (χ2n) is 6.48. The third kappa shape index (κ3) is 4.56. The van der Waals surface area contributed by atoms with E-state index in [0.717, 1.165) is 38.3 Å². The van der Waals surface area contributed by atoms with E-state index in [0.29, 0.717) is 0 Å². The molecule has 0 aliphatic carbocycles. The van der Waals surface area contributed by atoms with E-state index in [1.807, 2.05) is 23.1 Å². The Bertz CT molecular complexity index is 684. The second kappa shape index (κ2) is 7.93. The van der Waals surface area contributed by atoms with Gasteiger partial charge in [-0.2, -0.15) is 0 Å². The van der Waals surface area contributed by atoms with E-state index in [9.17, 15) is 4.79 Å². The standard InChI is InChI=1S/C21H24N2O/c1-18-7-9-19(10-8-18)11-12-21(24)23-15-13-22(14-16-23)17-20-5-3-2-4-6-20/h2-12H,13-17H2,1H3/p+1/b12-11+. The molecule has 3 rings (SSSR count). The van der Waals surface area contributed by atoms with Gasteiger partial charge in [0, 0.05) is 11.6 Å². The van der Waals surface area contributed by atoms with Gasteiger partial charge in [-0.25, -0.2) is 0 Å². The quantitative estimate of drug-likeness (QED) is 0.855. The van der Waals surface area contributed by atoms with E-state index in [2.05, 4.69) is 49.4 Å². The molecule has 3 heteroatoms. The van der Waals surface area contributed by atoms with Crippen molar-refractivity contribution in [3.8, 4) is 0 Å². The number of hydrogen-bond acceptors (Lipinski definition) is 1. The SMILES string of the molecule is Cc1ccc(/C=C/C(=O)N2CC[NH+](Cc3ccccc3)CC2)cc1. The van der Waals surface area contributed by atoms with Crippen molar-refractivity contribution in [1.82, 2.24) is 4.90 Å². The van der Waals surface area contributed by atoms with E-state index in [4.69, 9.17) is 0 Å². The van der Waals surface area contributed by atoms with Gasteiger partial charge in [-0.3, -0.25) is 4.79 Å². The third-order valence-electron chi connectivity index (χ3n) is 4.57. The zero-order valence-electron chi connectivity index (χ0n) is 14.2. The predicted octanol–water partition coefficient (Wildman–Crippen LogP) is 1.94. The Kier molecular flexibility index (Phi) is 5.44. The molecule has 1 fully saturated rings. The van der Waals surface area contributed by atoms with Gasteiger partial charge in [0.15, 0.2) is 0 Å². The van der Waals surface area contributed by atoms with Crippen molar-refractivity contribution >= 4 is 12.0 Å². The minimum atomic E-state index is 0.120. The minimum Gasteiger partial charge on any atom is -0.328 e. The van der Waals surface area contributed by atoms with Crippen LogP contribution in [0.4, 0.5) is 0 Å². The maximum absolute atomic E-state index is 12.3. The molecule has 3 nitrogen and oxygen atoms in total. The van der Waals surface area contributed by atoms with Crippen LogP contribution in [-0.2, 0) is 11.3 Å². The first kappa shape index (κ1) is 16.5. The zero-order valence-corrected chi connectivity index (χ0v) is 14.2. The first-order valence-electron chi connectivity index (χ1n) is 8.62. The van der Waals surface area contributed by atoms with Crippen molar-refractivity contribution in [2.75, 3.05) is 26.2 Å². The summed E-state index contributed by atoms with van der Waals surface area (Å²) in [7, 11) is 0. The Balaban J connectivity index is 1.49. The van der Waals surface area contributed by atoms with Gasteiger partial charge < -0.3 is 9.80 Å². The second-order valence-corrected chi connectivity index (χ2v) is 6.48. The molecule has 1 saturated heterocycles. The van der Waals surface area contributed by atoms with E-state index < -0.39 is 0 Å². The van der Waals surface area contributed by atoms with E-state index >= 15 is 0 Å². The summed E-state index contributed by atoms with van der Waals surface area (Å²) in [5, 5.41) is 0. The summed E-state index contributed by atoms with van der Waals surface area (Å²) in [6, 6.07) is 18.8. The van der Waals surface area contributed by atoms with Crippen LogP contribution in [-0.4, -0.2) is 37.0 Å². The molecule has 124 valence electrons. The number of nitrogens with zero attached hydrogens (tertiary/aromatic N) is 1. The van der Waals surface area contributed by atoms with Gasteiger partial charge in [-0.15, -0.1) is 0 Å². The summed E-state index contributed by atoms with van der Waals surface area (Å²) >= 11 is 0. The molecule has 1 aliphatic heterocycles. The van der Waals surface area contributed by atoms with Crippen molar-refractivity contribution < 1.29 is 9.69 Å². The molecule has 0 bridgehead atoms. The number of nitrogens with one attached hydrogen (secondary N) is 1. The Morgan fingerprint density at radius 1 is 1.04 bits per heavy atom. The van der Waals surface area contributed by atoms with Crippen molar-refractivity contribution in [3.63, 3.8) is 0 Å². The van der Waals surface area contributed by atoms with Gasteiger partial charge in [0.05, 0.1) is 26.2 Å². The number of quaternary nitrogens is 1. The number of amides is 1. The van der Waals surface area contributed by atoms with Gasteiger partial charge in [0.25, 0.3) is 0 Å². The predicted molar refractivity (Wildman–Crippen MR) is 97.6 cm³/mol. The minimum absolute atomic E-state index is 0.120. The summed E-state index contributed by atoms with van der Waals surface area (Å²) in [4.78, 5) is 15.8. The van der Waals surface area contributed by atoms with E-state index in [1.54, 1.807) is 11.0 Å². The smallest absolute Gasteiger partial charge is 0.246 e. The Hall–Kier alpha value is -2.39. The summed E-state index contributed by atoms with van der Waals surface area (Å²) in [6.45, 7) is 6.80. The molecule has 0 saturated carbocycles. The van der Waals surface area contributed by atoms with Crippen LogP contribution >= 0.6 is 0 Å². The molecule has 0 radical (unpaired) electrons. The summed E-state index contributed by atoms with van der Waals surface area (Å²) < 4.78 is 0. The third-order valence-corrected chi connectivity index (χ3v) is 4.57. The molecular formula is C21H25N2O+. The summed E-state index contributed by atoms with van der Waals surface area (Å²) in [6.07, 6.45) is 3.61. The number of hydrogen-bond donors (Lipinski definition) is 1. The van der Waals surface area contributed by atoms with Crippen molar-refractivity contribution in [2.24, 2.45) is 0 Å². The highest BCUT2D eigenvalue weighted by molar-refractivity contribution is 5.91. The van der Waals surface area contributed by atoms with Gasteiger partial charge in [0.1, 0.15) is 6.54 Å². The maximum atomic E-state index is 12.3. The molecule has 1 aliphatic rings. The van der Waals surface area contributed by atoms with Gasteiger partial charge in [-0.05, 0) is 18.6 Å². The van der Waals surface area contributed by atoms with E-state index in [-0.39, 0.29) is 5.91 Å². The van der Waals surface area contributed by atoms with Crippen LogP contribution in [0.15, 0.2) is 60.7 Å². The van der Waals surface area contributed by atoms with Crippen LogP contribution < -0.4 is 4.90 Å². The molecule has 2 aromatic carbocycles. The first-order chi connectivity index (χ1) is 11.7. The Morgan fingerprint density at radius 2 is 1.71 bits per heavy atom. The Labute approximate surface area is 144 Å². The van der Waals surface area contributed by atoms with Gasteiger partial charge in [-0.1, -0.05) is 60.2 Å². The maximum Gasteiger partial charge on any atom is 0.246 e. The number of piperazine rings is 1. The fourth-order valence-corrected chi connectivity index (χ4v) is 3.06. The fourth-order valence-electron chi connectivity index (χ4n) is 3.06. The molecule has 0 atom stereocenters. The lowest BCUT2D eigenvalue weighted by molar-refractivity contribution is -0.917. The van der Waals surface area contributed by atoms with Crippen molar-refractivity contribution in [1.29, 1.82) is 0 Å². The average molecular weight is 321 g/mol. The number of aryl methyl sites for hydroxylation is 1. The molecule has 1 amide bonds. The molecule has 0 unspecified atom stereocenters. The van der Waals surface area contributed by atoms with Crippen molar-refractivity contribution in [3.05, 3.63) is 77.4 Å². The number of rotatable bonds is 4. The lowest BCUT2D eigenvalue weighted by Crippen LogP contribution is -3.13. The van der Waals surface area contributed by atoms with Crippen molar-refractivity contribution in [2.45, 2.75) is 13.5 Å². The number of carbonyl (C=O) groups is 1.